The first-order valence-electron chi connectivity index (χ1n) is 5.91. The Kier molecular flexibility index (Phi) is 6.30. The largest absolute Gasteiger partial charge is 0.494 e. The molecule has 0 radical (unpaired) electrons. The van der Waals surface area contributed by atoms with Crippen LogP contribution in [0, 0.1) is 0 Å². The Morgan fingerprint density at radius 3 is 2.89 bits per heavy atom. The molecule has 100 valence electrons. The second-order valence-electron chi connectivity index (χ2n) is 4.11. The maximum atomic E-state index is 11.3. The number of alkyl halides is 1. The third kappa shape index (κ3) is 4.07. The molecule has 0 saturated heterocycles. The minimum absolute atomic E-state index is 0. The number of rotatable bonds is 5. The summed E-state index contributed by atoms with van der Waals surface area (Å²) >= 11 is 5.59. The van der Waals surface area contributed by atoms with Gasteiger partial charge in [-0.3, -0.25) is 4.79 Å². The molecule has 3 nitrogen and oxygen atoms in total. The molecule has 1 amide bonds. The van der Waals surface area contributed by atoms with E-state index in [0.29, 0.717) is 18.9 Å². The molecule has 2 rings (SSSR count). The molecule has 1 aliphatic heterocycles. The summed E-state index contributed by atoms with van der Waals surface area (Å²) in [6.45, 7) is 0.666. The van der Waals surface area contributed by atoms with E-state index in [1.807, 2.05) is 18.2 Å². The standard InChI is InChI=1S/C13H16ClNO2.ClH/c14-7-1-2-8-17-11-5-3-10-4-6-13(16)15-12(10)9-11;/h3,5,9H,1-2,4,6-8H2,(H,15,16);1H. The van der Waals surface area contributed by atoms with Gasteiger partial charge in [0.1, 0.15) is 5.75 Å². The van der Waals surface area contributed by atoms with Crippen LogP contribution in [-0.4, -0.2) is 18.4 Å². The summed E-state index contributed by atoms with van der Waals surface area (Å²) in [7, 11) is 0. The normalized spacial score (nSPS) is 13.3. The zero-order valence-electron chi connectivity index (χ0n) is 10.1. The van der Waals surface area contributed by atoms with E-state index in [9.17, 15) is 4.79 Å². The molecular weight excluding hydrogens is 273 g/mol. The molecule has 0 bridgehead atoms. The summed E-state index contributed by atoms with van der Waals surface area (Å²) in [5.74, 6) is 1.56. The van der Waals surface area contributed by atoms with E-state index < -0.39 is 0 Å². The number of carbonyl (C=O) groups is 1. The van der Waals surface area contributed by atoms with Crippen molar-refractivity contribution in [2.75, 3.05) is 17.8 Å². The van der Waals surface area contributed by atoms with Crippen LogP contribution in [0.1, 0.15) is 24.8 Å². The molecule has 1 aromatic rings. The number of hydrogen-bond donors (Lipinski definition) is 1. The molecule has 1 aliphatic rings. The predicted octanol–water partition coefficient (Wildman–Crippen LogP) is 3.39. The zero-order valence-corrected chi connectivity index (χ0v) is 11.6. The lowest BCUT2D eigenvalue weighted by atomic mass is 10.0. The average molecular weight is 290 g/mol. The van der Waals surface area contributed by atoms with Crippen LogP contribution in [0.5, 0.6) is 5.75 Å². The average Bonchev–Trinajstić information content (AvgIpc) is 2.34. The number of benzene rings is 1. The van der Waals surface area contributed by atoms with Crippen LogP contribution in [0.25, 0.3) is 0 Å². The Balaban J connectivity index is 0.00000162. The van der Waals surface area contributed by atoms with E-state index in [1.165, 1.54) is 5.56 Å². The number of carbonyl (C=O) groups excluding carboxylic acids is 1. The number of nitrogens with one attached hydrogen (secondary N) is 1. The summed E-state index contributed by atoms with van der Waals surface area (Å²) in [5.41, 5.74) is 2.06. The molecule has 18 heavy (non-hydrogen) atoms. The number of halogens is 2. The Morgan fingerprint density at radius 1 is 1.28 bits per heavy atom. The lowest BCUT2D eigenvalue weighted by Gasteiger charge is -2.17. The second kappa shape index (κ2) is 7.49. The molecule has 1 N–H and O–H groups in total. The highest BCUT2D eigenvalue weighted by Gasteiger charge is 2.14. The van der Waals surface area contributed by atoms with Crippen LogP contribution in [0.3, 0.4) is 0 Å². The summed E-state index contributed by atoms with van der Waals surface area (Å²) in [5, 5.41) is 2.86. The number of hydrogen-bond acceptors (Lipinski definition) is 2. The van der Waals surface area contributed by atoms with Crippen LogP contribution < -0.4 is 10.1 Å². The van der Waals surface area contributed by atoms with Crippen LogP contribution in [0.4, 0.5) is 5.69 Å². The van der Waals surface area contributed by atoms with Crippen LogP contribution in [0.2, 0.25) is 0 Å². The van der Waals surface area contributed by atoms with E-state index in [0.717, 1.165) is 30.7 Å². The van der Waals surface area contributed by atoms with Gasteiger partial charge >= 0.3 is 0 Å². The zero-order chi connectivity index (χ0) is 12.1. The Hall–Kier alpha value is -0.930. The van der Waals surface area contributed by atoms with Gasteiger partial charge in [0.2, 0.25) is 5.91 Å². The third-order valence-electron chi connectivity index (χ3n) is 2.77. The van der Waals surface area contributed by atoms with Gasteiger partial charge in [-0.15, -0.1) is 24.0 Å². The predicted molar refractivity (Wildman–Crippen MR) is 76.1 cm³/mol. The first-order valence-corrected chi connectivity index (χ1v) is 6.44. The van der Waals surface area contributed by atoms with E-state index in [2.05, 4.69) is 5.32 Å². The van der Waals surface area contributed by atoms with Crippen molar-refractivity contribution < 1.29 is 9.53 Å². The van der Waals surface area contributed by atoms with Crippen LogP contribution >= 0.6 is 24.0 Å². The molecule has 0 atom stereocenters. The topological polar surface area (TPSA) is 38.3 Å². The number of ether oxygens (including phenoxy) is 1. The monoisotopic (exact) mass is 289 g/mol. The Morgan fingerprint density at radius 2 is 2.11 bits per heavy atom. The molecular formula is C13H17Cl2NO2. The fourth-order valence-corrected chi connectivity index (χ4v) is 2.02. The number of anilines is 1. The van der Waals surface area contributed by atoms with Crippen molar-refractivity contribution in [2.24, 2.45) is 0 Å². The van der Waals surface area contributed by atoms with Gasteiger partial charge in [-0.1, -0.05) is 6.07 Å². The summed E-state index contributed by atoms with van der Waals surface area (Å²) < 4.78 is 5.60. The second-order valence-corrected chi connectivity index (χ2v) is 4.49. The molecule has 1 aromatic carbocycles. The summed E-state index contributed by atoms with van der Waals surface area (Å²) in [4.78, 5) is 11.3. The molecule has 0 aliphatic carbocycles. The summed E-state index contributed by atoms with van der Waals surface area (Å²) in [6.07, 6.45) is 3.30. The van der Waals surface area contributed by atoms with Gasteiger partial charge in [-0.2, -0.15) is 0 Å². The quantitative estimate of drug-likeness (QED) is 0.667. The SMILES string of the molecule is Cl.O=C1CCc2ccc(OCCCCCl)cc2N1. The van der Waals surface area contributed by atoms with Gasteiger partial charge < -0.3 is 10.1 Å². The van der Waals surface area contributed by atoms with Crippen molar-refractivity contribution in [1.29, 1.82) is 0 Å². The van der Waals surface area contributed by atoms with Gasteiger partial charge in [0.05, 0.1) is 6.61 Å². The highest BCUT2D eigenvalue weighted by Crippen LogP contribution is 2.27. The van der Waals surface area contributed by atoms with Crippen molar-refractivity contribution in [1.82, 2.24) is 0 Å². The maximum Gasteiger partial charge on any atom is 0.224 e. The lowest BCUT2D eigenvalue weighted by molar-refractivity contribution is -0.116. The van der Waals surface area contributed by atoms with E-state index in [-0.39, 0.29) is 18.3 Å². The highest BCUT2D eigenvalue weighted by molar-refractivity contribution is 6.17. The van der Waals surface area contributed by atoms with Gasteiger partial charge in [0.25, 0.3) is 0 Å². The third-order valence-corrected chi connectivity index (χ3v) is 3.04. The molecule has 0 saturated carbocycles. The Bertz CT molecular complexity index is 410. The number of aryl methyl sites for hydroxylation is 1. The number of amides is 1. The van der Waals surface area contributed by atoms with Crippen molar-refractivity contribution in [3.8, 4) is 5.75 Å². The van der Waals surface area contributed by atoms with Crippen molar-refractivity contribution in [3.05, 3.63) is 23.8 Å². The molecule has 0 aromatic heterocycles. The van der Waals surface area contributed by atoms with E-state index in [1.54, 1.807) is 0 Å². The van der Waals surface area contributed by atoms with Crippen molar-refractivity contribution in [2.45, 2.75) is 25.7 Å². The van der Waals surface area contributed by atoms with Gasteiger partial charge in [0.15, 0.2) is 0 Å². The minimum Gasteiger partial charge on any atom is -0.494 e. The molecule has 1 heterocycles. The van der Waals surface area contributed by atoms with Gasteiger partial charge in [0, 0.05) is 24.1 Å². The first kappa shape index (κ1) is 15.1. The minimum atomic E-state index is 0. The van der Waals surface area contributed by atoms with E-state index in [4.69, 9.17) is 16.3 Å². The van der Waals surface area contributed by atoms with Crippen LogP contribution in [0.15, 0.2) is 18.2 Å². The first-order chi connectivity index (χ1) is 8.29. The van der Waals surface area contributed by atoms with Crippen molar-refractivity contribution in [3.63, 3.8) is 0 Å². The lowest BCUT2D eigenvalue weighted by Crippen LogP contribution is -2.18. The van der Waals surface area contributed by atoms with Crippen molar-refractivity contribution >= 4 is 35.6 Å². The Labute approximate surface area is 118 Å². The molecule has 5 heteroatoms. The number of fused-ring (bicyclic) bond motifs is 1. The highest BCUT2D eigenvalue weighted by atomic mass is 35.5. The molecule has 0 spiro atoms. The summed E-state index contributed by atoms with van der Waals surface area (Å²) in [6, 6.07) is 5.87. The van der Waals surface area contributed by atoms with E-state index >= 15 is 0 Å². The van der Waals surface area contributed by atoms with Gasteiger partial charge in [-0.25, -0.2) is 0 Å². The van der Waals surface area contributed by atoms with Crippen LogP contribution in [-0.2, 0) is 11.2 Å². The number of unbranched alkanes of at least 4 members (excludes halogenated alkanes) is 1. The molecule has 0 fully saturated rings. The fraction of sp³-hybridized carbons (Fsp3) is 0.462. The molecule has 0 unspecified atom stereocenters. The maximum absolute atomic E-state index is 11.3. The smallest absolute Gasteiger partial charge is 0.224 e. The fourth-order valence-electron chi connectivity index (χ4n) is 1.83. The van der Waals surface area contributed by atoms with Gasteiger partial charge in [-0.05, 0) is 30.9 Å².